The fourth-order valence-corrected chi connectivity index (χ4v) is 6.89. The summed E-state index contributed by atoms with van der Waals surface area (Å²) in [5, 5.41) is 24.8. The highest BCUT2D eigenvalue weighted by Crippen LogP contribution is 2.53. The number of aliphatic hydroxyl groups is 2. The SMILES string of the molecule is C=NC[C@]1(c2ccc(Cl)cc2F)[C@H](CC(C)(C)C)N[C@@H](C(=O)Nc2ccc(C(=O)OCC(CO)CO)cc2OC)[C@@H]1c1cccc(Cl)c1F. The summed E-state index contributed by atoms with van der Waals surface area (Å²) < 4.78 is 42.9. The monoisotopic (exact) mass is 719 g/mol. The van der Waals surface area contributed by atoms with Gasteiger partial charge in [-0.1, -0.05) is 62.2 Å². The predicted octanol–water partition coefficient (Wildman–Crippen LogP) is 6.18. The molecule has 1 heterocycles. The first-order chi connectivity index (χ1) is 23.2. The van der Waals surface area contributed by atoms with Gasteiger partial charge in [0.1, 0.15) is 17.4 Å². The Morgan fingerprint density at radius 1 is 1.10 bits per heavy atom. The van der Waals surface area contributed by atoms with Crippen molar-refractivity contribution < 1.29 is 38.1 Å². The number of esters is 1. The molecule has 264 valence electrons. The average molecular weight is 721 g/mol. The molecule has 13 heteroatoms. The van der Waals surface area contributed by atoms with Gasteiger partial charge in [-0.2, -0.15) is 0 Å². The van der Waals surface area contributed by atoms with Gasteiger partial charge in [-0.3, -0.25) is 9.79 Å². The molecule has 0 unspecified atom stereocenters. The Morgan fingerprint density at radius 3 is 2.43 bits per heavy atom. The van der Waals surface area contributed by atoms with Gasteiger partial charge in [-0.15, -0.1) is 0 Å². The molecule has 3 aromatic carbocycles. The van der Waals surface area contributed by atoms with Gasteiger partial charge >= 0.3 is 5.97 Å². The molecule has 0 aromatic heterocycles. The zero-order chi connectivity index (χ0) is 36.1. The molecular weight excluding hydrogens is 679 g/mol. The van der Waals surface area contributed by atoms with Crippen LogP contribution in [0, 0.1) is 23.0 Å². The zero-order valence-corrected chi connectivity index (χ0v) is 29.2. The summed E-state index contributed by atoms with van der Waals surface area (Å²) in [6.07, 6.45) is 0.431. The molecule has 0 spiro atoms. The Morgan fingerprint density at radius 2 is 1.82 bits per heavy atom. The number of rotatable bonds is 13. The van der Waals surface area contributed by atoms with Gasteiger partial charge in [-0.05, 0) is 66.1 Å². The number of ether oxygens (including phenoxy) is 2. The number of carbonyl (C=O) groups is 2. The first-order valence-electron chi connectivity index (χ1n) is 15.7. The maximum atomic E-state index is 16.1. The fraction of sp³-hybridized carbons (Fsp3) is 0.417. The number of halogens is 4. The number of nitrogens with zero attached hydrogens (tertiary/aromatic N) is 1. The lowest BCUT2D eigenvalue weighted by molar-refractivity contribution is -0.118. The summed E-state index contributed by atoms with van der Waals surface area (Å²) >= 11 is 12.5. The third kappa shape index (κ3) is 8.24. The summed E-state index contributed by atoms with van der Waals surface area (Å²) in [5.74, 6) is -4.27. The fourth-order valence-electron chi connectivity index (χ4n) is 6.55. The second kappa shape index (κ2) is 15.9. The van der Waals surface area contributed by atoms with E-state index in [2.05, 4.69) is 22.3 Å². The van der Waals surface area contributed by atoms with Crippen molar-refractivity contribution in [2.45, 2.75) is 50.6 Å². The number of aliphatic hydroxyl groups excluding tert-OH is 2. The van der Waals surface area contributed by atoms with E-state index in [1.807, 2.05) is 20.8 Å². The van der Waals surface area contributed by atoms with Crippen molar-refractivity contribution in [3.05, 3.63) is 93.0 Å². The molecule has 1 fully saturated rings. The Bertz CT molecular complexity index is 1680. The number of benzene rings is 3. The summed E-state index contributed by atoms with van der Waals surface area (Å²) in [6, 6.07) is 11.2. The lowest BCUT2D eigenvalue weighted by Gasteiger charge is -2.42. The molecule has 3 aromatic rings. The normalized spacial score (nSPS) is 20.7. The van der Waals surface area contributed by atoms with Crippen LogP contribution in [-0.4, -0.2) is 74.4 Å². The molecule has 0 bridgehead atoms. The van der Waals surface area contributed by atoms with Crippen molar-refractivity contribution >= 4 is 47.5 Å². The van der Waals surface area contributed by atoms with Crippen molar-refractivity contribution in [3.63, 3.8) is 0 Å². The molecule has 0 radical (unpaired) electrons. The first-order valence-corrected chi connectivity index (χ1v) is 16.4. The van der Waals surface area contributed by atoms with Crippen LogP contribution < -0.4 is 15.4 Å². The number of hydrogen-bond donors (Lipinski definition) is 4. The number of aliphatic imine (C=N–C) groups is 1. The van der Waals surface area contributed by atoms with Gasteiger partial charge < -0.3 is 30.3 Å². The first kappa shape index (κ1) is 38.2. The van der Waals surface area contributed by atoms with E-state index in [1.54, 1.807) is 18.2 Å². The molecule has 9 nitrogen and oxygen atoms in total. The molecular formula is C36H41Cl2F2N3O6. The maximum absolute atomic E-state index is 16.1. The highest BCUT2D eigenvalue weighted by atomic mass is 35.5. The second-order valence-electron chi connectivity index (χ2n) is 13.4. The van der Waals surface area contributed by atoms with Gasteiger partial charge in [0.25, 0.3) is 0 Å². The standard InChI is InChI=1S/C36H41Cl2F2N3O6/c1-35(2,3)15-29-36(19-41-4,24-11-10-22(37)14-26(24)39)30(23-7-6-8-25(38)31(23)40)32(43-29)33(46)42-27-12-9-21(13-28(27)48-5)34(47)49-18-20(16-44)17-45/h6-14,20,29-30,32,43-45H,4,15-19H2,1-3,5H3,(H,42,46)/t29-,30-,32+,36-/m0/s1. The lowest BCUT2D eigenvalue weighted by atomic mass is 9.61. The van der Waals surface area contributed by atoms with E-state index in [4.69, 9.17) is 32.7 Å². The van der Waals surface area contributed by atoms with Crippen molar-refractivity contribution in [3.8, 4) is 5.75 Å². The van der Waals surface area contributed by atoms with Crippen LogP contribution in [0.1, 0.15) is 54.6 Å². The smallest absolute Gasteiger partial charge is 0.338 e. The van der Waals surface area contributed by atoms with E-state index in [-0.39, 0.29) is 70.0 Å². The molecule has 1 amide bonds. The Kier molecular flexibility index (Phi) is 12.4. The minimum atomic E-state index is -1.34. The quantitative estimate of drug-likeness (QED) is 0.123. The van der Waals surface area contributed by atoms with Gasteiger partial charge in [0.2, 0.25) is 5.91 Å². The molecule has 49 heavy (non-hydrogen) atoms. The van der Waals surface area contributed by atoms with E-state index in [0.717, 1.165) is 0 Å². The average Bonchev–Trinajstić information content (AvgIpc) is 3.35. The topological polar surface area (TPSA) is 129 Å². The largest absolute Gasteiger partial charge is 0.495 e. The van der Waals surface area contributed by atoms with E-state index in [0.29, 0.717) is 6.42 Å². The number of carbonyl (C=O) groups excluding carboxylic acids is 2. The van der Waals surface area contributed by atoms with Gasteiger partial charge in [0.05, 0.1) is 55.8 Å². The molecule has 0 aliphatic carbocycles. The molecule has 1 aliphatic rings. The van der Waals surface area contributed by atoms with E-state index < -0.39 is 52.8 Å². The predicted molar refractivity (Wildman–Crippen MR) is 186 cm³/mol. The highest BCUT2D eigenvalue weighted by molar-refractivity contribution is 6.31. The Hall–Kier alpha value is -3.61. The third-order valence-electron chi connectivity index (χ3n) is 8.77. The maximum Gasteiger partial charge on any atom is 0.338 e. The Balaban J connectivity index is 1.83. The van der Waals surface area contributed by atoms with Crippen molar-refractivity contribution in [2.24, 2.45) is 16.3 Å². The molecule has 1 saturated heterocycles. The van der Waals surface area contributed by atoms with Gasteiger partial charge in [-0.25, -0.2) is 13.6 Å². The van der Waals surface area contributed by atoms with Crippen LogP contribution >= 0.6 is 23.2 Å². The van der Waals surface area contributed by atoms with Crippen molar-refractivity contribution in [1.29, 1.82) is 0 Å². The lowest BCUT2D eigenvalue weighted by Crippen LogP contribution is -2.48. The molecule has 4 atom stereocenters. The molecule has 4 N–H and O–H groups in total. The van der Waals surface area contributed by atoms with Crippen LogP contribution in [0.2, 0.25) is 10.0 Å². The molecule has 1 aliphatic heterocycles. The second-order valence-corrected chi connectivity index (χ2v) is 14.2. The highest BCUT2D eigenvalue weighted by Gasteiger charge is 2.60. The number of anilines is 1. The number of amides is 1. The summed E-state index contributed by atoms with van der Waals surface area (Å²) in [6.45, 7) is 8.75. The van der Waals surface area contributed by atoms with E-state index >= 15 is 8.78 Å². The third-order valence-corrected chi connectivity index (χ3v) is 9.30. The van der Waals surface area contributed by atoms with E-state index in [9.17, 15) is 19.8 Å². The minimum absolute atomic E-state index is 0.0761. The van der Waals surface area contributed by atoms with Gasteiger partial charge in [0.15, 0.2) is 0 Å². The van der Waals surface area contributed by atoms with Crippen molar-refractivity contribution in [1.82, 2.24) is 5.32 Å². The zero-order valence-electron chi connectivity index (χ0n) is 27.7. The Labute approximate surface area is 294 Å². The number of hydrogen-bond acceptors (Lipinski definition) is 8. The van der Waals surface area contributed by atoms with Crippen LogP contribution in [-0.2, 0) is 14.9 Å². The van der Waals surface area contributed by atoms with Crippen LogP contribution in [0.3, 0.4) is 0 Å². The summed E-state index contributed by atoms with van der Waals surface area (Å²) in [5.41, 5.74) is -1.10. The molecule has 0 saturated carbocycles. The van der Waals surface area contributed by atoms with E-state index in [1.165, 1.54) is 43.5 Å². The number of methoxy groups -OCH3 is 1. The minimum Gasteiger partial charge on any atom is -0.495 e. The molecule has 4 rings (SSSR count). The van der Waals surface area contributed by atoms with Crippen molar-refractivity contribution in [2.75, 3.05) is 38.8 Å². The number of nitrogens with one attached hydrogen (secondary N) is 2. The summed E-state index contributed by atoms with van der Waals surface area (Å²) in [7, 11) is 1.36. The van der Waals surface area contributed by atoms with Crippen LogP contribution in [0.25, 0.3) is 0 Å². The van der Waals surface area contributed by atoms with Crippen LogP contribution in [0.5, 0.6) is 5.75 Å². The summed E-state index contributed by atoms with van der Waals surface area (Å²) in [4.78, 5) is 31.3. The van der Waals surface area contributed by atoms with Crippen LogP contribution in [0.4, 0.5) is 14.5 Å². The van der Waals surface area contributed by atoms with Gasteiger partial charge in [0, 0.05) is 28.3 Å². The van der Waals surface area contributed by atoms with Crippen LogP contribution in [0.15, 0.2) is 59.6 Å².